The van der Waals surface area contributed by atoms with Crippen molar-refractivity contribution in [3.8, 4) is 11.5 Å². The molecule has 2 aliphatic heterocycles. The number of anilines is 2. The number of carbonyl (C=O) groups is 1. The molecular formula is C20H25N5O3. The number of piperazine rings is 1. The molecule has 1 unspecified atom stereocenters. The second-order valence-corrected chi connectivity index (χ2v) is 7.20. The third-order valence-electron chi connectivity index (χ3n) is 4.97. The molecule has 28 heavy (non-hydrogen) atoms. The van der Waals surface area contributed by atoms with Gasteiger partial charge in [-0.05, 0) is 19.1 Å². The highest BCUT2D eigenvalue weighted by atomic mass is 16.6. The van der Waals surface area contributed by atoms with Crippen LogP contribution in [0, 0.1) is 6.92 Å². The Labute approximate surface area is 164 Å². The first-order valence-corrected chi connectivity index (χ1v) is 9.46. The highest BCUT2D eigenvalue weighted by Gasteiger charge is 2.33. The predicted octanol–water partition coefficient (Wildman–Crippen LogP) is 1.34. The summed E-state index contributed by atoms with van der Waals surface area (Å²) in [6.45, 7) is 4.84. The molecule has 1 aromatic heterocycles. The molecule has 3 heterocycles. The van der Waals surface area contributed by atoms with Gasteiger partial charge in [-0.3, -0.25) is 4.79 Å². The first kappa shape index (κ1) is 18.3. The summed E-state index contributed by atoms with van der Waals surface area (Å²) in [6, 6.07) is 9.42. The van der Waals surface area contributed by atoms with Gasteiger partial charge in [-0.25, -0.2) is 9.97 Å². The molecule has 0 bridgehead atoms. The maximum absolute atomic E-state index is 12.9. The van der Waals surface area contributed by atoms with Crippen molar-refractivity contribution in [2.75, 3.05) is 56.7 Å². The van der Waals surface area contributed by atoms with E-state index in [1.165, 1.54) is 0 Å². The molecule has 0 saturated carbocycles. The number of aryl methyl sites for hydroxylation is 1. The van der Waals surface area contributed by atoms with Crippen molar-refractivity contribution in [2.45, 2.75) is 13.0 Å². The average molecular weight is 383 g/mol. The molecule has 4 rings (SSSR count). The van der Waals surface area contributed by atoms with Gasteiger partial charge in [-0.1, -0.05) is 12.1 Å². The quantitative estimate of drug-likeness (QED) is 0.792. The topological polar surface area (TPSA) is 71.0 Å². The number of benzene rings is 1. The molecule has 8 nitrogen and oxygen atoms in total. The lowest BCUT2D eigenvalue weighted by atomic mass is 10.2. The summed E-state index contributed by atoms with van der Waals surface area (Å²) in [4.78, 5) is 27.9. The van der Waals surface area contributed by atoms with Crippen LogP contribution < -0.4 is 19.3 Å². The second-order valence-electron chi connectivity index (χ2n) is 7.20. The minimum absolute atomic E-state index is 0.0259. The number of aromatic nitrogens is 2. The number of nitrogens with zero attached hydrogens (tertiary/aromatic N) is 5. The van der Waals surface area contributed by atoms with Gasteiger partial charge in [-0.2, -0.15) is 0 Å². The van der Waals surface area contributed by atoms with Crippen LogP contribution >= 0.6 is 0 Å². The van der Waals surface area contributed by atoms with Crippen LogP contribution in [-0.4, -0.2) is 73.8 Å². The smallest absolute Gasteiger partial charge is 0.267 e. The Morgan fingerprint density at radius 2 is 1.82 bits per heavy atom. The molecule has 0 aliphatic carbocycles. The molecule has 8 heteroatoms. The van der Waals surface area contributed by atoms with Gasteiger partial charge in [0.25, 0.3) is 5.91 Å². The van der Waals surface area contributed by atoms with Crippen LogP contribution in [0.2, 0.25) is 0 Å². The van der Waals surface area contributed by atoms with Gasteiger partial charge in [-0.15, -0.1) is 0 Å². The Morgan fingerprint density at radius 3 is 2.54 bits per heavy atom. The van der Waals surface area contributed by atoms with Gasteiger partial charge in [0.2, 0.25) is 6.10 Å². The van der Waals surface area contributed by atoms with E-state index in [1.807, 2.05) is 61.2 Å². The lowest BCUT2D eigenvalue weighted by Gasteiger charge is -2.37. The van der Waals surface area contributed by atoms with Gasteiger partial charge in [0.05, 0.1) is 0 Å². The van der Waals surface area contributed by atoms with Crippen LogP contribution in [-0.2, 0) is 4.79 Å². The third-order valence-corrected chi connectivity index (χ3v) is 4.97. The van der Waals surface area contributed by atoms with E-state index in [4.69, 9.17) is 9.47 Å². The molecule has 0 N–H and O–H groups in total. The Bertz CT molecular complexity index is 865. The zero-order valence-corrected chi connectivity index (χ0v) is 16.5. The average Bonchev–Trinajstić information content (AvgIpc) is 2.72. The standard InChI is InChI=1S/C20H25N5O3/c1-14-21-18(23(2)3)12-19(22-14)24-8-10-25(11-9-24)20(26)17-13-27-15-6-4-5-7-16(15)28-17/h4-7,12,17H,8-11,13H2,1-3H3. The Balaban J connectivity index is 1.39. The molecule has 0 spiro atoms. The molecule has 1 fully saturated rings. The van der Waals surface area contributed by atoms with Gasteiger partial charge in [0.1, 0.15) is 24.1 Å². The lowest BCUT2D eigenvalue weighted by molar-refractivity contribution is -0.141. The van der Waals surface area contributed by atoms with E-state index in [2.05, 4.69) is 14.9 Å². The number of rotatable bonds is 3. The number of ether oxygens (including phenoxy) is 2. The Hall–Kier alpha value is -3.03. The number of amides is 1. The number of hydrogen-bond donors (Lipinski definition) is 0. The van der Waals surface area contributed by atoms with E-state index in [0.717, 1.165) is 30.5 Å². The fourth-order valence-electron chi connectivity index (χ4n) is 3.43. The number of hydrogen-bond acceptors (Lipinski definition) is 7. The molecule has 148 valence electrons. The fraction of sp³-hybridized carbons (Fsp3) is 0.450. The van der Waals surface area contributed by atoms with E-state index in [1.54, 1.807) is 0 Å². The largest absolute Gasteiger partial charge is 0.485 e. The molecule has 1 aromatic carbocycles. The first-order chi connectivity index (χ1) is 13.5. The van der Waals surface area contributed by atoms with Crippen molar-refractivity contribution in [3.05, 3.63) is 36.2 Å². The summed E-state index contributed by atoms with van der Waals surface area (Å²) in [5.41, 5.74) is 0. The molecule has 2 aromatic rings. The van der Waals surface area contributed by atoms with Crippen molar-refractivity contribution in [2.24, 2.45) is 0 Å². The van der Waals surface area contributed by atoms with Gasteiger partial charge < -0.3 is 24.2 Å². The molecule has 1 amide bonds. The monoisotopic (exact) mass is 383 g/mol. The van der Waals surface area contributed by atoms with Crippen molar-refractivity contribution in [1.29, 1.82) is 0 Å². The van der Waals surface area contributed by atoms with E-state index in [-0.39, 0.29) is 12.5 Å². The van der Waals surface area contributed by atoms with Gasteiger partial charge >= 0.3 is 0 Å². The predicted molar refractivity (Wildman–Crippen MR) is 106 cm³/mol. The fourth-order valence-corrected chi connectivity index (χ4v) is 3.43. The SMILES string of the molecule is Cc1nc(N(C)C)cc(N2CCN(C(=O)C3COc4ccccc4O3)CC2)n1. The summed E-state index contributed by atoms with van der Waals surface area (Å²) in [5.74, 6) is 3.81. The molecule has 1 saturated heterocycles. The zero-order valence-electron chi connectivity index (χ0n) is 16.5. The number of fused-ring (bicyclic) bond motifs is 1. The summed E-state index contributed by atoms with van der Waals surface area (Å²) < 4.78 is 11.5. The minimum atomic E-state index is -0.594. The van der Waals surface area contributed by atoms with Crippen molar-refractivity contribution >= 4 is 17.5 Å². The van der Waals surface area contributed by atoms with Crippen molar-refractivity contribution in [1.82, 2.24) is 14.9 Å². The normalized spacial score (nSPS) is 18.8. The second kappa shape index (κ2) is 7.53. The van der Waals surface area contributed by atoms with E-state index < -0.39 is 6.10 Å². The first-order valence-electron chi connectivity index (χ1n) is 9.46. The van der Waals surface area contributed by atoms with E-state index in [9.17, 15) is 4.79 Å². The molecule has 2 aliphatic rings. The maximum atomic E-state index is 12.9. The highest BCUT2D eigenvalue weighted by molar-refractivity contribution is 5.82. The molecule has 0 radical (unpaired) electrons. The van der Waals surface area contributed by atoms with Crippen LogP contribution in [0.1, 0.15) is 5.82 Å². The summed E-state index contributed by atoms with van der Waals surface area (Å²) in [7, 11) is 3.93. The summed E-state index contributed by atoms with van der Waals surface area (Å²) in [6.07, 6.45) is -0.594. The van der Waals surface area contributed by atoms with E-state index in [0.29, 0.717) is 24.6 Å². The zero-order chi connectivity index (χ0) is 19.7. The van der Waals surface area contributed by atoms with E-state index >= 15 is 0 Å². The van der Waals surface area contributed by atoms with Crippen LogP contribution in [0.5, 0.6) is 11.5 Å². The van der Waals surface area contributed by atoms with Gasteiger partial charge in [0, 0.05) is 46.3 Å². The number of carbonyl (C=O) groups excluding carboxylic acids is 1. The molecule has 1 atom stereocenters. The Kier molecular flexibility index (Phi) is 4.93. The summed E-state index contributed by atoms with van der Waals surface area (Å²) >= 11 is 0. The third kappa shape index (κ3) is 3.67. The summed E-state index contributed by atoms with van der Waals surface area (Å²) in [5, 5.41) is 0. The maximum Gasteiger partial charge on any atom is 0.267 e. The van der Waals surface area contributed by atoms with Crippen LogP contribution in [0.3, 0.4) is 0 Å². The lowest BCUT2D eigenvalue weighted by Crippen LogP contribution is -2.54. The van der Waals surface area contributed by atoms with Crippen LogP contribution in [0.4, 0.5) is 11.6 Å². The van der Waals surface area contributed by atoms with Crippen LogP contribution in [0.15, 0.2) is 30.3 Å². The van der Waals surface area contributed by atoms with Gasteiger partial charge in [0.15, 0.2) is 11.5 Å². The van der Waals surface area contributed by atoms with Crippen molar-refractivity contribution in [3.63, 3.8) is 0 Å². The minimum Gasteiger partial charge on any atom is -0.485 e. The number of para-hydroxylation sites is 2. The van der Waals surface area contributed by atoms with Crippen molar-refractivity contribution < 1.29 is 14.3 Å². The molecular weight excluding hydrogens is 358 g/mol. The Morgan fingerprint density at radius 1 is 1.11 bits per heavy atom. The van der Waals surface area contributed by atoms with Crippen LogP contribution in [0.25, 0.3) is 0 Å². The highest BCUT2D eigenvalue weighted by Crippen LogP contribution is 2.31.